The van der Waals surface area contributed by atoms with E-state index in [-0.39, 0.29) is 24.4 Å². The van der Waals surface area contributed by atoms with Crippen LogP contribution >= 0.6 is 12.4 Å². The summed E-state index contributed by atoms with van der Waals surface area (Å²) < 4.78 is 7.56. The van der Waals surface area contributed by atoms with Crippen molar-refractivity contribution in [3.8, 4) is 11.4 Å². The second kappa shape index (κ2) is 9.76. The van der Waals surface area contributed by atoms with E-state index >= 15 is 0 Å². The lowest BCUT2D eigenvalue weighted by Gasteiger charge is -2.19. The molecule has 2 unspecified atom stereocenters. The maximum Gasteiger partial charge on any atom is 0.275 e. The monoisotopic (exact) mass is 392 g/mol. The van der Waals surface area contributed by atoms with Gasteiger partial charge in [0.2, 0.25) is 0 Å². The fourth-order valence-electron chi connectivity index (χ4n) is 3.34. The number of halogens is 1. The molecular weight excluding hydrogens is 364 g/mol. The van der Waals surface area contributed by atoms with E-state index in [0.29, 0.717) is 36.4 Å². The van der Waals surface area contributed by atoms with E-state index in [0.717, 1.165) is 24.9 Å². The molecule has 27 heavy (non-hydrogen) atoms. The molecule has 2 atom stereocenters. The third-order valence-electron chi connectivity index (χ3n) is 4.77. The number of para-hydroxylation sites is 1. The zero-order chi connectivity index (χ0) is 18.5. The van der Waals surface area contributed by atoms with Crippen molar-refractivity contribution in [2.45, 2.75) is 39.2 Å². The second-order valence-electron chi connectivity index (χ2n) is 7.33. The van der Waals surface area contributed by atoms with Crippen molar-refractivity contribution in [3.63, 3.8) is 0 Å². The van der Waals surface area contributed by atoms with Gasteiger partial charge in [0.15, 0.2) is 11.4 Å². The van der Waals surface area contributed by atoms with Gasteiger partial charge >= 0.3 is 0 Å². The second-order valence-corrected chi connectivity index (χ2v) is 7.33. The van der Waals surface area contributed by atoms with Crippen molar-refractivity contribution in [2.75, 3.05) is 13.2 Å². The van der Waals surface area contributed by atoms with Gasteiger partial charge in [-0.1, -0.05) is 38.5 Å². The normalized spacial score (nSPS) is 19.0. The first kappa shape index (κ1) is 21.3. The molecule has 1 amide bonds. The van der Waals surface area contributed by atoms with Gasteiger partial charge in [0.05, 0.1) is 18.5 Å². The third-order valence-corrected chi connectivity index (χ3v) is 4.77. The molecule has 3 N–H and O–H groups in total. The zero-order valence-corrected chi connectivity index (χ0v) is 16.7. The molecular formula is C20H29ClN4O2. The van der Waals surface area contributed by atoms with E-state index in [4.69, 9.17) is 10.5 Å². The van der Waals surface area contributed by atoms with Crippen LogP contribution in [0.5, 0.6) is 5.75 Å². The van der Waals surface area contributed by atoms with Crippen molar-refractivity contribution in [2.24, 2.45) is 17.6 Å². The fraction of sp³-hybridized carbons (Fsp3) is 0.500. The molecule has 3 rings (SSSR count). The summed E-state index contributed by atoms with van der Waals surface area (Å²) in [5.74, 6) is 1.03. The summed E-state index contributed by atoms with van der Waals surface area (Å²) in [6, 6.07) is 9.84. The number of carbonyl (C=O) groups excluding carboxylic acids is 1. The highest BCUT2D eigenvalue weighted by Gasteiger charge is 2.29. The van der Waals surface area contributed by atoms with Crippen LogP contribution in [0.15, 0.2) is 36.5 Å². The van der Waals surface area contributed by atoms with Crippen molar-refractivity contribution < 1.29 is 9.53 Å². The molecule has 1 aromatic heterocycles. The van der Waals surface area contributed by atoms with Crippen LogP contribution in [0.25, 0.3) is 5.69 Å². The molecule has 1 aromatic carbocycles. The van der Waals surface area contributed by atoms with E-state index < -0.39 is 0 Å². The number of hydrogen-bond acceptors (Lipinski definition) is 4. The summed E-state index contributed by atoms with van der Waals surface area (Å²) in [5, 5.41) is 7.61. The molecule has 7 heteroatoms. The lowest BCUT2D eigenvalue weighted by atomic mass is 10.0. The van der Waals surface area contributed by atoms with Gasteiger partial charge < -0.3 is 15.8 Å². The van der Waals surface area contributed by atoms with Gasteiger partial charge in [0.25, 0.3) is 5.91 Å². The SMILES string of the molecule is CC(C)COc1cn(-c2ccccc2)nc1C(=O)NC1CCCC1CN.Cl. The van der Waals surface area contributed by atoms with Crippen LogP contribution in [-0.2, 0) is 0 Å². The Balaban J connectivity index is 0.00000261. The van der Waals surface area contributed by atoms with E-state index in [1.165, 1.54) is 0 Å². The number of nitrogens with zero attached hydrogens (tertiary/aromatic N) is 2. The van der Waals surface area contributed by atoms with Gasteiger partial charge in [-0.25, -0.2) is 4.68 Å². The van der Waals surface area contributed by atoms with Crippen molar-refractivity contribution in [1.82, 2.24) is 15.1 Å². The molecule has 0 spiro atoms. The predicted octanol–water partition coefficient (Wildman–Crippen LogP) is 3.19. The summed E-state index contributed by atoms with van der Waals surface area (Å²) >= 11 is 0. The van der Waals surface area contributed by atoms with Gasteiger partial charge in [-0.3, -0.25) is 4.79 Å². The van der Waals surface area contributed by atoms with Gasteiger partial charge in [-0.15, -0.1) is 12.4 Å². The molecule has 1 fully saturated rings. The average molecular weight is 393 g/mol. The minimum atomic E-state index is -0.191. The molecule has 1 heterocycles. The first-order valence-electron chi connectivity index (χ1n) is 9.37. The number of rotatable bonds is 7. The van der Waals surface area contributed by atoms with Gasteiger partial charge in [0.1, 0.15) is 0 Å². The predicted molar refractivity (Wildman–Crippen MR) is 109 cm³/mol. The van der Waals surface area contributed by atoms with Crippen LogP contribution in [0.4, 0.5) is 0 Å². The average Bonchev–Trinajstić information content (AvgIpc) is 3.27. The Bertz CT molecular complexity index is 733. The van der Waals surface area contributed by atoms with Crippen LogP contribution in [0.3, 0.4) is 0 Å². The highest BCUT2D eigenvalue weighted by atomic mass is 35.5. The third kappa shape index (κ3) is 5.23. The maximum absolute atomic E-state index is 12.9. The summed E-state index contributed by atoms with van der Waals surface area (Å²) in [7, 11) is 0. The summed E-state index contributed by atoms with van der Waals surface area (Å²) in [5.41, 5.74) is 7.06. The van der Waals surface area contributed by atoms with Crippen LogP contribution in [0.2, 0.25) is 0 Å². The number of amides is 1. The summed E-state index contributed by atoms with van der Waals surface area (Å²) in [4.78, 5) is 12.9. The lowest BCUT2D eigenvalue weighted by molar-refractivity contribution is 0.0918. The molecule has 0 saturated heterocycles. The number of carbonyl (C=O) groups is 1. The molecule has 1 saturated carbocycles. The largest absolute Gasteiger partial charge is 0.489 e. The first-order valence-corrected chi connectivity index (χ1v) is 9.37. The van der Waals surface area contributed by atoms with E-state index in [1.54, 1.807) is 10.9 Å². The zero-order valence-electron chi connectivity index (χ0n) is 15.9. The van der Waals surface area contributed by atoms with E-state index in [9.17, 15) is 4.79 Å². The van der Waals surface area contributed by atoms with Crippen molar-refractivity contribution in [1.29, 1.82) is 0 Å². The molecule has 2 aromatic rings. The van der Waals surface area contributed by atoms with Gasteiger partial charge in [-0.05, 0) is 43.4 Å². The molecule has 1 aliphatic carbocycles. The number of ether oxygens (including phenoxy) is 1. The Morgan fingerprint density at radius 3 is 2.74 bits per heavy atom. The topological polar surface area (TPSA) is 82.2 Å². The van der Waals surface area contributed by atoms with Gasteiger partial charge in [0, 0.05) is 6.04 Å². The Kier molecular flexibility index (Phi) is 7.68. The maximum atomic E-state index is 12.9. The minimum Gasteiger partial charge on any atom is -0.489 e. The van der Waals surface area contributed by atoms with Gasteiger partial charge in [-0.2, -0.15) is 5.10 Å². The highest BCUT2D eigenvalue weighted by Crippen LogP contribution is 2.26. The first-order chi connectivity index (χ1) is 12.6. The Morgan fingerprint density at radius 2 is 2.07 bits per heavy atom. The number of nitrogens with one attached hydrogen (secondary N) is 1. The van der Waals surface area contributed by atoms with Crippen LogP contribution in [0.1, 0.15) is 43.6 Å². The molecule has 148 valence electrons. The minimum absolute atomic E-state index is 0. The van der Waals surface area contributed by atoms with Crippen molar-refractivity contribution >= 4 is 18.3 Å². The molecule has 0 bridgehead atoms. The van der Waals surface area contributed by atoms with E-state index in [2.05, 4.69) is 24.3 Å². The molecule has 0 radical (unpaired) electrons. The number of aromatic nitrogens is 2. The highest BCUT2D eigenvalue weighted by molar-refractivity contribution is 5.95. The smallest absolute Gasteiger partial charge is 0.275 e. The molecule has 0 aliphatic heterocycles. The standard InChI is InChI=1S/C20H28N4O2.ClH/c1-14(2)13-26-18-12-24(16-8-4-3-5-9-16)23-19(18)20(25)22-17-10-6-7-15(17)11-21;/h3-5,8-9,12,14-15,17H,6-7,10-11,13,21H2,1-2H3,(H,22,25);1H. The van der Waals surface area contributed by atoms with Crippen molar-refractivity contribution in [3.05, 3.63) is 42.2 Å². The van der Waals surface area contributed by atoms with Crippen LogP contribution in [-0.4, -0.2) is 34.9 Å². The van der Waals surface area contributed by atoms with Crippen LogP contribution < -0.4 is 15.8 Å². The Morgan fingerprint density at radius 1 is 1.33 bits per heavy atom. The summed E-state index contributed by atoms with van der Waals surface area (Å²) in [6.07, 6.45) is 4.91. The summed E-state index contributed by atoms with van der Waals surface area (Å²) in [6.45, 7) is 5.28. The number of hydrogen-bond donors (Lipinski definition) is 2. The molecule has 6 nitrogen and oxygen atoms in total. The number of nitrogens with two attached hydrogens (primary N) is 1. The fourth-order valence-corrected chi connectivity index (χ4v) is 3.34. The Hall–Kier alpha value is -2.05. The van der Waals surface area contributed by atoms with E-state index in [1.807, 2.05) is 30.3 Å². The Labute approximate surface area is 166 Å². The van der Waals surface area contributed by atoms with Crippen LogP contribution in [0, 0.1) is 11.8 Å². The quantitative estimate of drug-likeness (QED) is 0.758. The lowest BCUT2D eigenvalue weighted by Crippen LogP contribution is -2.40. The molecule has 1 aliphatic rings. The number of benzene rings is 1.